The van der Waals surface area contributed by atoms with Crippen LogP contribution in [0.2, 0.25) is 0 Å². The van der Waals surface area contributed by atoms with Gasteiger partial charge in [0.15, 0.2) is 5.78 Å². The van der Waals surface area contributed by atoms with Crippen LogP contribution >= 0.6 is 15.9 Å². The second kappa shape index (κ2) is 5.21. The largest absolute Gasteiger partial charge is 0.511 e. The summed E-state index contributed by atoms with van der Waals surface area (Å²) in [5.74, 6) is 0.233. The Balaban J connectivity index is 2.20. The fourth-order valence-electron chi connectivity index (χ4n) is 3.12. The summed E-state index contributed by atoms with van der Waals surface area (Å²) < 4.78 is 0.933. The van der Waals surface area contributed by atoms with Crippen LogP contribution in [0.4, 0.5) is 0 Å². The van der Waals surface area contributed by atoms with Gasteiger partial charge in [-0.1, -0.05) is 41.1 Å². The Morgan fingerprint density at radius 2 is 1.95 bits per heavy atom. The third-order valence-electron chi connectivity index (χ3n) is 4.28. The van der Waals surface area contributed by atoms with Gasteiger partial charge < -0.3 is 5.11 Å². The molecule has 0 amide bonds. The lowest BCUT2D eigenvalue weighted by molar-refractivity contribution is -0.116. The molecule has 2 bridgehead atoms. The molecule has 2 nitrogen and oxygen atoms in total. The molecule has 0 saturated carbocycles. The average Bonchev–Trinajstić information content (AvgIpc) is 2.65. The van der Waals surface area contributed by atoms with Gasteiger partial charge in [0.1, 0.15) is 5.76 Å². The minimum absolute atomic E-state index is 0.00334. The number of ketones is 1. The monoisotopic (exact) mass is 332 g/mol. The Bertz CT molecular complexity index is 628. The fourth-order valence-corrected chi connectivity index (χ4v) is 3.48. The van der Waals surface area contributed by atoms with Crippen LogP contribution in [0, 0.1) is 11.8 Å². The fraction of sp³-hybridized carbons (Fsp3) is 0.353. The van der Waals surface area contributed by atoms with E-state index in [0.29, 0.717) is 5.57 Å². The van der Waals surface area contributed by atoms with Crippen LogP contribution in [-0.4, -0.2) is 10.9 Å². The van der Waals surface area contributed by atoms with Crippen LogP contribution in [0.1, 0.15) is 30.9 Å². The van der Waals surface area contributed by atoms with E-state index in [1.807, 2.05) is 30.4 Å². The van der Waals surface area contributed by atoms with Crippen LogP contribution in [0.5, 0.6) is 0 Å². The van der Waals surface area contributed by atoms with Gasteiger partial charge in [0.2, 0.25) is 0 Å². The van der Waals surface area contributed by atoms with Crippen molar-refractivity contribution in [2.45, 2.75) is 26.2 Å². The number of aliphatic hydroxyl groups excluding tert-OH is 1. The lowest BCUT2D eigenvalue weighted by atomic mass is 9.88. The molecule has 0 saturated heterocycles. The van der Waals surface area contributed by atoms with Crippen molar-refractivity contribution in [2.24, 2.45) is 11.8 Å². The topological polar surface area (TPSA) is 37.3 Å². The first-order valence-corrected chi connectivity index (χ1v) is 7.85. The van der Waals surface area contributed by atoms with Gasteiger partial charge in [-0.15, -0.1) is 0 Å². The molecule has 4 rings (SSSR count). The second-order valence-corrected chi connectivity index (χ2v) is 6.37. The first-order chi connectivity index (χ1) is 9.61. The highest BCUT2D eigenvalue weighted by Gasteiger charge is 2.35. The summed E-state index contributed by atoms with van der Waals surface area (Å²) in [6.07, 6.45) is 6.48. The van der Waals surface area contributed by atoms with E-state index in [1.165, 1.54) is 0 Å². The van der Waals surface area contributed by atoms with Crippen molar-refractivity contribution in [1.82, 2.24) is 0 Å². The summed E-state index contributed by atoms with van der Waals surface area (Å²) in [5.41, 5.74) is 2.51. The van der Waals surface area contributed by atoms with Gasteiger partial charge in [0.25, 0.3) is 0 Å². The van der Waals surface area contributed by atoms with Crippen LogP contribution < -0.4 is 0 Å². The van der Waals surface area contributed by atoms with E-state index in [9.17, 15) is 9.90 Å². The third kappa shape index (κ3) is 2.14. The molecule has 0 fully saturated rings. The van der Waals surface area contributed by atoms with Crippen LogP contribution in [0.15, 0.2) is 40.6 Å². The number of aryl methyl sites for hydroxylation is 1. The van der Waals surface area contributed by atoms with E-state index >= 15 is 0 Å². The molecule has 0 unspecified atom stereocenters. The van der Waals surface area contributed by atoms with Gasteiger partial charge in [-0.3, -0.25) is 4.79 Å². The van der Waals surface area contributed by atoms with Gasteiger partial charge in [-0.2, -0.15) is 0 Å². The first kappa shape index (κ1) is 13.6. The molecule has 3 heteroatoms. The number of aliphatic hydroxyl groups is 1. The molecule has 1 aromatic carbocycles. The lowest BCUT2D eigenvalue weighted by Crippen LogP contribution is -2.14. The highest BCUT2D eigenvalue weighted by Crippen LogP contribution is 2.40. The quantitative estimate of drug-likeness (QED) is 0.812. The molecule has 1 N–H and O–H groups in total. The summed E-state index contributed by atoms with van der Waals surface area (Å²) in [4.78, 5) is 12.7. The van der Waals surface area contributed by atoms with Gasteiger partial charge in [-0.25, -0.2) is 0 Å². The number of benzene rings is 1. The maximum atomic E-state index is 12.7. The standard InChI is InChI=1S/C17H17BrO2/c1-2-10-7-8-13(18)9-14(10)15-16(19)11-3-4-12(6-5-11)17(15)20/h3-4,7-9,11-12,19H,2,5-6H2,1H3/t11-,12+/m0/s1. The Labute approximate surface area is 127 Å². The molecule has 0 spiro atoms. The van der Waals surface area contributed by atoms with Crippen molar-refractivity contribution < 1.29 is 9.90 Å². The highest BCUT2D eigenvalue weighted by molar-refractivity contribution is 9.10. The molecule has 1 aromatic rings. The number of halogens is 1. The molecular formula is C17H17BrO2. The lowest BCUT2D eigenvalue weighted by Gasteiger charge is -2.15. The molecule has 20 heavy (non-hydrogen) atoms. The number of hydrogen-bond donors (Lipinski definition) is 1. The summed E-state index contributed by atoms with van der Waals surface area (Å²) in [5, 5.41) is 10.6. The van der Waals surface area contributed by atoms with E-state index in [2.05, 4.69) is 22.9 Å². The predicted octanol–water partition coefficient (Wildman–Crippen LogP) is 4.45. The number of allylic oxidation sites excluding steroid dienone is 3. The Morgan fingerprint density at radius 1 is 1.25 bits per heavy atom. The Morgan fingerprint density at radius 3 is 2.60 bits per heavy atom. The minimum Gasteiger partial charge on any atom is -0.511 e. The molecule has 0 heterocycles. The van der Waals surface area contributed by atoms with Gasteiger partial charge in [0, 0.05) is 16.3 Å². The zero-order valence-corrected chi connectivity index (χ0v) is 13.0. The van der Waals surface area contributed by atoms with Crippen molar-refractivity contribution in [3.05, 3.63) is 51.7 Å². The molecule has 0 radical (unpaired) electrons. The summed E-state index contributed by atoms with van der Waals surface area (Å²) in [7, 11) is 0. The summed E-state index contributed by atoms with van der Waals surface area (Å²) in [6.45, 7) is 2.07. The van der Waals surface area contributed by atoms with Crippen LogP contribution in [-0.2, 0) is 11.2 Å². The average molecular weight is 333 g/mol. The number of rotatable bonds is 2. The van der Waals surface area contributed by atoms with Crippen molar-refractivity contribution in [1.29, 1.82) is 0 Å². The van der Waals surface area contributed by atoms with E-state index < -0.39 is 0 Å². The van der Waals surface area contributed by atoms with E-state index in [1.54, 1.807) is 0 Å². The maximum Gasteiger partial charge on any atom is 0.173 e. The van der Waals surface area contributed by atoms with Gasteiger partial charge in [0.05, 0.1) is 5.57 Å². The van der Waals surface area contributed by atoms with Crippen LogP contribution in [0.3, 0.4) is 0 Å². The number of hydrogen-bond acceptors (Lipinski definition) is 2. The SMILES string of the molecule is CCc1ccc(Br)cc1C1=C(O)[C@H]2C=C[C@H](CC2)C1=O. The third-order valence-corrected chi connectivity index (χ3v) is 4.77. The van der Waals surface area contributed by atoms with Crippen molar-refractivity contribution in [3.8, 4) is 0 Å². The molecule has 3 aliphatic rings. The van der Waals surface area contributed by atoms with Gasteiger partial charge >= 0.3 is 0 Å². The summed E-state index contributed by atoms with van der Waals surface area (Å²) in [6, 6.07) is 5.95. The second-order valence-electron chi connectivity index (χ2n) is 5.45. The molecule has 0 aliphatic heterocycles. The van der Waals surface area contributed by atoms with Gasteiger partial charge in [-0.05, 0) is 42.5 Å². The molecule has 3 aliphatic carbocycles. The first-order valence-electron chi connectivity index (χ1n) is 7.06. The molecule has 104 valence electrons. The summed E-state index contributed by atoms with van der Waals surface area (Å²) >= 11 is 3.47. The maximum absolute atomic E-state index is 12.7. The molecule has 2 atom stereocenters. The van der Waals surface area contributed by atoms with E-state index in [0.717, 1.165) is 34.9 Å². The van der Waals surface area contributed by atoms with Crippen molar-refractivity contribution >= 4 is 27.3 Å². The van der Waals surface area contributed by atoms with E-state index in [-0.39, 0.29) is 23.4 Å². The number of carbonyl (C=O) groups excluding carboxylic acids is 1. The zero-order valence-electron chi connectivity index (χ0n) is 11.4. The van der Waals surface area contributed by atoms with E-state index in [4.69, 9.17) is 0 Å². The Kier molecular flexibility index (Phi) is 3.55. The normalized spacial score (nSPS) is 25.2. The molecule has 0 aromatic heterocycles. The smallest absolute Gasteiger partial charge is 0.173 e. The molecular weight excluding hydrogens is 316 g/mol. The van der Waals surface area contributed by atoms with Crippen molar-refractivity contribution in [3.63, 3.8) is 0 Å². The zero-order chi connectivity index (χ0) is 14.3. The number of carbonyl (C=O) groups is 1. The highest BCUT2D eigenvalue weighted by atomic mass is 79.9. The number of Topliss-reactive ketones (excluding diaryl/α,β-unsaturated/α-hetero) is 1. The predicted molar refractivity (Wildman–Crippen MR) is 83.4 cm³/mol. The Hall–Kier alpha value is -1.35. The van der Waals surface area contributed by atoms with Crippen molar-refractivity contribution in [2.75, 3.05) is 0 Å². The number of fused-ring (bicyclic) bond motifs is 2. The minimum atomic E-state index is -0.0745. The van der Waals surface area contributed by atoms with Crippen LogP contribution in [0.25, 0.3) is 5.57 Å².